The van der Waals surface area contributed by atoms with Crippen molar-refractivity contribution in [2.75, 3.05) is 6.61 Å². The highest BCUT2D eigenvalue weighted by Gasteiger charge is 2.52. The highest BCUT2D eigenvalue weighted by molar-refractivity contribution is 6.55. The van der Waals surface area contributed by atoms with E-state index in [0.29, 0.717) is 11.0 Å². The maximum atomic E-state index is 9.98. The van der Waals surface area contributed by atoms with E-state index >= 15 is 0 Å². The lowest BCUT2D eigenvalue weighted by atomic mass is 9.77. The van der Waals surface area contributed by atoms with Crippen LogP contribution in [0.2, 0.25) is 0 Å². The van der Waals surface area contributed by atoms with Crippen LogP contribution >= 0.6 is 0 Å². The highest BCUT2D eigenvalue weighted by atomic mass is 16.7. The van der Waals surface area contributed by atoms with Crippen molar-refractivity contribution in [3.63, 3.8) is 0 Å². The fraction of sp³-hybridized carbons (Fsp3) is 0.500. The molecule has 21 heavy (non-hydrogen) atoms. The molecule has 1 aliphatic rings. The van der Waals surface area contributed by atoms with Crippen LogP contribution in [0.15, 0.2) is 23.7 Å². The molecule has 2 N–H and O–H groups in total. The first-order valence-electron chi connectivity index (χ1n) is 7.13. The zero-order chi connectivity index (χ0) is 15.8. The van der Waals surface area contributed by atoms with Crippen molar-refractivity contribution in [2.45, 2.75) is 45.8 Å². The molecule has 0 spiro atoms. The van der Waals surface area contributed by atoms with Crippen LogP contribution in [0.25, 0.3) is 6.08 Å². The summed E-state index contributed by atoms with van der Waals surface area (Å²) >= 11 is 0. The molecule has 0 atom stereocenters. The molecule has 1 saturated heterocycles. The Bertz CT molecular complexity index is 547. The van der Waals surface area contributed by atoms with Gasteiger partial charge < -0.3 is 19.5 Å². The fourth-order valence-corrected chi connectivity index (χ4v) is 2.16. The smallest absolute Gasteiger partial charge is 0.492 e. The number of phenolic OH excluding ortho intramolecular Hbond substituents is 1. The van der Waals surface area contributed by atoms with Gasteiger partial charge in [0.25, 0.3) is 0 Å². The zero-order valence-electron chi connectivity index (χ0n) is 13.3. The van der Waals surface area contributed by atoms with E-state index in [1.165, 1.54) is 0 Å². The molecule has 0 saturated carbocycles. The van der Waals surface area contributed by atoms with Gasteiger partial charge in [0.2, 0.25) is 0 Å². The summed E-state index contributed by atoms with van der Waals surface area (Å²) in [5.74, 6) is 0.178. The van der Waals surface area contributed by atoms with Crippen LogP contribution in [-0.4, -0.2) is 35.1 Å². The van der Waals surface area contributed by atoms with Crippen LogP contribution in [0.4, 0.5) is 0 Å². The second kappa shape index (κ2) is 5.48. The number of phenols is 1. The summed E-state index contributed by atoms with van der Waals surface area (Å²) < 4.78 is 11.8. The normalized spacial score (nSPS) is 20.9. The summed E-state index contributed by atoms with van der Waals surface area (Å²) in [5, 5.41) is 19.6. The quantitative estimate of drug-likeness (QED) is 0.840. The number of rotatable bonds is 3. The second-order valence-corrected chi connectivity index (χ2v) is 6.53. The number of hydrogen-bond donors (Lipinski definition) is 2. The van der Waals surface area contributed by atoms with Gasteiger partial charge in [0.15, 0.2) is 0 Å². The van der Waals surface area contributed by atoms with Crippen molar-refractivity contribution >= 4 is 13.2 Å². The van der Waals surface area contributed by atoms with Crippen LogP contribution in [0.5, 0.6) is 5.75 Å². The van der Waals surface area contributed by atoms with Crippen molar-refractivity contribution in [2.24, 2.45) is 0 Å². The third-order valence-electron chi connectivity index (χ3n) is 4.27. The largest absolute Gasteiger partial charge is 0.507 e. The van der Waals surface area contributed by atoms with Gasteiger partial charge in [-0.1, -0.05) is 18.2 Å². The number of aliphatic hydroxyl groups is 1. The van der Waals surface area contributed by atoms with Gasteiger partial charge in [-0.15, -0.1) is 0 Å². The van der Waals surface area contributed by atoms with Crippen LogP contribution in [0.3, 0.4) is 0 Å². The molecule has 0 unspecified atom stereocenters. The Morgan fingerprint density at radius 1 is 1.19 bits per heavy atom. The molecule has 5 heteroatoms. The van der Waals surface area contributed by atoms with Gasteiger partial charge in [0.1, 0.15) is 5.75 Å². The molecule has 0 radical (unpaired) electrons. The van der Waals surface area contributed by atoms with Crippen molar-refractivity contribution in [1.29, 1.82) is 0 Å². The van der Waals surface area contributed by atoms with Gasteiger partial charge in [0.05, 0.1) is 17.8 Å². The molecule has 4 nitrogen and oxygen atoms in total. The van der Waals surface area contributed by atoms with E-state index < -0.39 is 18.3 Å². The number of aliphatic hydroxyl groups excluding tert-OH is 1. The van der Waals surface area contributed by atoms with Crippen LogP contribution in [0, 0.1) is 6.92 Å². The minimum Gasteiger partial charge on any atom is -0.507 e. The first-order valence-corrected chi connectivity index (χ1v) is 7.13. The summed E-state index contributed by atoms with van der Waals surface area (Å²) in [5.41, 5.74) is 1.29. The minimum absolute atomic E-state index is 0.178. The maximum absolute atomic E-state index is 9.98. The topological polar surface area (TPSA) is 58.9 Å². The lowest BCUT2D eigenvalue weighted by molar-refractivity contribution is 0.00578. The molecule has 1 aliphatic heterocycles. The summed E-state index contributed by atoms with van der Waals surface area (Å²) in [6.45, 7) is 9.58. The average Bonchev–Trinajstić information content (AvgIpc) is 2.57. The van der Waals surface area contributed by atoms with Crippen LogP contribution in [-0.2, 0) is 9.31 Å². The summed E-state index contributed by atoms with van der Waals surface area (Å²) in [7, 11) is -0.610. The zero-order valence-corrected chi connectivity index (χ0v) is 13.3. The predicted molar refractivity (Wildman–Crippen MR) is 84.0 cm³/mol. The van der Waals surface area contributed by atoms with Gasteiger partial charge in [-0.05, 0) is 51.7 Å². The molecule has 1 aromatic rings. The predicted octanol–water partition coefficient (Wildman–Crippen LogP) is 2.71. The van der Waals surface area contributed by atoms with E-state index in [4.69, 9.17) is 9.31 Å². The number of aromatic hydroxyl groups is 1. The third-order valence-corrected chi connectivity index (χ3v) is 4.27. The number of benzene rings is 1. The highest BCUT2D eigenvalue weighted by Crippen LogP contribution is 2.39. The van der Waals surface area contributed by atoms with E-state index in [0.717, 1.165) is 5.56 Å². The second-order valence-electron chi connectivity index (χ2n) is 6.53. The van der Waals surface area contributed by atoms with E-state index in [-0.39, 0.29) is 12.4 Å². The number of aryl methyl sites for hydroxylation is 1. The molecule has 114 valence electrons. The fourth-order valence-electron chi connectivity index (χ4n) is 2.16. The van der Waals surface area contributed by atoms with Gasteiger partial charge in [-0.3, -0.25) is 0 Å². The van der Waals surface area contributed by atoms with E-state index in [9.17, 15) is 10.2 Å². The molecule has 0 aromatic heterocycles. The lowest BCUT2D eigenvalue weighted by Gasteiger charge is -2.32. The van der Waals surface area contributed by atoms with E-state index in [2.05, 4.69) is 0 Å². The molecule has 0 aliphatic carbocycles. The van der Waals surface area contributed by atoms with Crippen molar-refractivity contribution in [3.05, 3.63) is 34.8 Å². The first kappa shape index (κ1) is 16.1. The Kier molecular flexibility index (Phi) is 4.20. The van der Waals surface area contributed by atoms with E-state index in [1.54, 1.807) is 12.1 Å². The Labute approximate surface area is 126 Å². The van der Waals surface area contributed by atoms with Gasteiger partial charge in [-0.25, -0.2) is 0 Å². The summed E-state index contributed by atoms with van der Waals surface area (Å²) in [4.78, 5) is 0. The van der Waals surface area contributed by atoms with Gasteiger partial charge in [-0.2, -0.15) is 0 Å². The Morgan fingerprint density at radius 2 is 1.76 bits per heavy atom. The standard InChI is InChI=1S/C16H23BO4/c1-11-6-7-12(14(19)8-11)9-13(10-18)17-20-15(2,3)16(4,5)21-17/h6-9,18-19H,10H2,1-5H3. The molecule has 1 heterocycles. The molecular formula is C16H23BO4. The third kappa shape index (κ3) is 3.15. The first-order chi connectivity index (χ1) is 9.66. The lowest BCUT2D eigenvalue weighted by Crippen LogP contribution is -2.41. The summed E-state index contributed by atoms with van der Waals surface area (Å²) in [6.07, 6.45) is 1.72. The molecule has 2 rings (SSSR count). The average molecular weight is 290 g/mol. The summed E-state index contributed by atoms with van der Waals surface area (Å²) in [6, 6.07) is 5.40. The van der Waals surface area contributed by atoms with Crippen molar-refractivity contribution < 1.29 is 19.5 Å². The molecule has 1 fully saturated rings. The molecule has 0 amide bonds. The maximum Gasteiger partial charge on any atom is 0.492 e. The molecular weight excluding hydrogens is 267 g/mol. The SMILES string of the molecule is Cc1ccc(C=C(CO)B2OC(C)(C)C(C)(C)O2)c(O)c1. The van der Waals surface area contributed by atoms with E-state index in [1.807, 2.05) is 46.8 Å². The van der Waals surface area contributed by atoms with Gasteiger partial charge >= 0.3 is 7.12 Å². The Morgan fingerprint density at radius 3 is 2.24 bits per heavy atom. The Hall–Kier alpha value is -1.30. The monoisotopic (exact) mass is 290 g/mol. The number of hydrogen-bond acceptors (Lipinski definition) is 4. The molecule has 1 aromatic carbocycles. The Balaban J connectivity index is 2.31. The van der Waals surface area contributed by atoms with Crippen LogP contribution < -0.4 is 0 Å². The van der Waals surface area contributed by atoms with Crippen molar-refractivity contribution in [3.8, 4) is 5.75 Å². The molecule has 0 bridgehead atoms. The van der Waals surface area contributed by atoms with Crippen LogP contribution in [0.1, 0.15) is 38.8 Å². The minimum atomic E-state index is -0.610. The van der Waals surface area contributed by atoms with Crippen molar-refractivity contribution in [1.82, 2.24) is 0 Å². The van der Waals surface area contributed by atoms with Gasteiger partial charge in [0, 0.05) is 5.56 Å².